The Balaban J connectivity index is 2.33. The number of nitrogens with two attached hydrogens (primary N) is 1. The molecule has 0 radical (unpaired) electrons. The van der Waals surface area contributed by atoms with Crippen LogP contribution in [0, 0.1) is 0 Å². The van der Waals surface area contributed by atoms with Crippen LogP contribution in [-0.4, -0.2) is 16.1 Å². The van der Waals surface area contributed by atoms with E-state index in [1.54, 1.807) is 0 Å². The summed E-state index contributed by atoms with van der Waals surface area (Å²) in [6.45, 7) is 1.67. The van der Waals surface area contributed by atoms with Gasteiger partial charge in [-0.2, -0.15) is 0 Å². The lowest BCUT2D eigenvalue weighted by Crippen LogP contribution is -2.05. The van der Waals surface area contributed by atoms with Gasteiger partial charge in [0.2, 0.25) is 0 Å². The summed E-state index contributed by atoms with van der Waals surface area (Å²) < 4.78 is 2.31. The van der Waals surface area contributed by atoms with E-state index in [0.717, 1.165) is 13.0 Å². The Hall–Kier alpha value is -1.87. The number of para-hydroxylation sites is 1. The Kier molecular flexibility index (Phi) is 2.53. The molecule has 86 valence electrons. The Morgan fingerprint density at radius 3 is 2.76 bits per heavy atom. The van der Waals surface area contributed by atoms with E-state index in [-0.39, 0.29) is 0 Å². The Morgan fingerprint density at radius 2 is 1.88 bits per heavy atom. The topological polar surface area (TPSA) is 43.8 Å². The Bertz CT molecular complexity index is 601. The lowest BCUT2D eigenvalue weighted by atomic mass is 10.2. The summed E-state index contributed by atoms with van der Waals surface area (Å²) in [7, 11) is 0. The van der Waals surface area contributed by atoms with Crippen molar-refractivity contribution in [2.75, 3.05) is 6.54 Å². The highest BCUT2D eigenvalue weighted by molar-refractivity contribution is 6.07. The molecule has 2 heterocycles. The number of pyridine rings is 1. The van der Waals surface area contributed by atoms with Gasteiger partial charge in [0, 0.05) is 29.0 Å². The molecule has 3 heteroatoms. The average Bonchev–Trinajstić information content (AvgIpc) is 2.71. The summed E-state index contributed by atoms with van der Waals surface area (Å²) in [6.07, 6.45) is 4.77. The standard InChI is InChI=1S/C14H15N3/c15-7-3-9-17-13-5-2-1-4-11(13)12-6-8-16-10-14(12)17/h1-2,4-6,8,10H,3,7,9,15H2. The van der Waals surface area contributed by atoms with Crippen LogP contribution in [0.15, 0.2) is 42.7 Å². The molecule has 17 heavy (non-hydrogen) atoms. The lowest BCUT2D eigenvalue weighted by molar-refractivity contribution is 0.686. The minimum absolute atomic E-state index is 0.717. The highest BCUT2D eigenvalue weighted by atomic mass is 15.0. The van der Waals surface area contributed by atoms with Crippen LogP contribution >= 0.6 is 0 Å². The minimum Gasteiger partial charge on any atom is -0.339 e. The van der Waals surface area contributed by atoms with E-state index in [4.69, 9.17) is 5.73 Å². The van der Waals surface area contributed by atoms with Crippen molar-refractivity contribution in [3.05, 3.63) is 42.7 Å². The fourth-order valence-electron chi connectivity index (χ4n) is 2.39. The molecule has 0 saturated heterocycles. The minimum atomic E-state index is 0.717. The van der Waals surface area contributed by atoms with Crippen LogP contribution in [-0.2, 0) is 6.54 Å². The molecular formula is C14H15N3. The molecule has 0 aliphatic rings. The quantitative estimate of drug-likeness (QED) is 0.744. The number of aryl methyl sites for hydroxylation is 1. The van der Waals surface area contributed by atoms with E-state index in [1.165, 1.54) is 21.8 Å². The molecule has 2 aromatic heterocycles. The zero-order chi connectivity index (χ0) is 11.7. The monoisotopic (exact) mass is 225 g/mol. The normalized spacial score (nSPS) is 11.4. The highest BCUT2D eigenvalue weighted by Crippen LogP contribution is 2.27. The van der Waals surface area contributed by atoms with Crippen LogP contribution in [0.5, 0.6) is 0 Å². The van der Waals surface area contributed by atoms with Gasteiger partial charge in [0.15, 0.2) is 0 Å². The zero-order valence-electron chi connectivity index (χ0n) is 9.63. The SMILES string of the molecule is NCCCn1c2ccccc2c2ccncc21. The first kappa shape index (κ1) is 10.3. The predicted octanol–water partition coefficient (Wildman–Crippen LogP) is 2.54. The van der Waals surface area contributed by atoms with Gasteiger partial charge < -0.3 is 10.3 Å². The largest absolute Gasteiger partial charge is 0.339 e. The van der Waals surface area contributed by atoms with E-state index in [0.29, 0.717) is 6.54 Å². The fraction of sp³-hybridized carbons (Fsp3) is 0.214. The molecule has 2 N–H and O–H groups in total. The lowest BCUT2D eigenvalue weighted by Gasteiger charge is -2.05. The molecule has 0 saturated carbocycles. The molecule has 3 nitrogen and oxygen atoms in total. The summed E-state index contributed by atoms with van der Waals surface area (Å²) in [5.41, 5.74) is 8.07. The van der Waals surface area contributed by atoms with Crippen molar-refractivity contribution in [1.82, 2.24) is 9.55 Å². The number of nitrogens with zero attached hydrogens (tertiary/aromatic N) is 2. The molecule has 0 amide bonds. The van der Waals surface area contributed by atoms with Crippen molar-refractivity contribution >= 4 is 21.8 Å². The van der Waals surface area contributed by atoms with E-state index in [9.17, 15) is 0 Å². The molecule has 0 spiro atoms. The van der Waals surface area contributed by atoms with Crippen LogP contribution in [0.3, 0.4) is 0 Å². The summed E-state index contributed by atoms with van der Waals surface area (Å²) in [4.78, 5) is 4.22. The first-order valence-electron chi connectivity index (χ1n) is 5.93. The molecule has 0 unspecified atom stereocenters. The van der Waals surface area contributed by atoms with Crippen molar-refractivity contribution in [2.24, 2.45) is 5.73 Å². The predicted molar refractivity (Wildman–Crippen MR) is 70.9 cm³/mol. The van der Waals surface area contributed by atoms with Gasteiger partial charge in [0.05, 0.1) is 11.7 Å². The summed E-state index contributed by atoms with van der Waals surface area (Å²) >= 11 is 0. The summed E-state index contributed by atoms with van der Waals surface area (Å²) in [5, 5.41) is 2.56. The van der Waals surface area contributed by atoms with E-state index < -0.39 is 0 Å². The second-order valence-electron chi connectivity index (χ2n) is 4.20. The average molecular weight is 225 g/mol. The number of benzene rings is 1. The number of hydrogen-bond donors (Lipinski definition) is 1. The third kappa shape index (κ3) is 1.59. The third-order valence-electron chi connectivity index (χ3n) is 3.16. The van der Waals surface area contributed by atoms with Gasteiger partial charge in [-0.1, -0.05) is 18.2 Å². The van der Waals surface area contributed by atoms with E-state index >= 15 is 0 Å². The van der Waals surface area contributed by atoms with Gasteiger partial charge in [0.1, 0.15) is 0 Å². The maximum atomic E-state index is 5.60. The van der Waals surface area contributed by atoms with Crippen LogP contribution < -0.4 is 5.73 Å². The van der Waals surface area contributed by atoms with Gasteiger partial charge in [-0.3, -0.25) is 4.98 Å². The zero-order valence-corrected chi connectivity index (χ0v) is 9.63. The number of rotatable bonds is 3. The second kappa shape index (κ2) is 4.18. The van der Waals surface area contributed by atoms with Gasteiger partial charge in [-0.05, 0) is 25.1 Å². The fourth-order valence-corrected chi connectivity index (χ4v) is 2.39. The summed E-state index contributed by atoms with van der Waals surface area (Å²) in [6, 6.07) is 10.6. The molecule has 0 aliphatic heterocycles. The molecule has 0 atom stereocenters. The maximum Gasteiger partial charge on any atom is 0.0677 e. The van der Waals surface area contributed by atoms with Crippen LogP contribution in [0.25, 0.3) is 21.8 Å². The molecule has 3 rings (SSSR count). The maximum absolute atomic E-state index is 5.60. The van der Waals surface area contributed by atoms with Crippen molar-refractivity contribution in [3.8, 4) is 0 Å². The van der Waals surface area contributed by atoms with Gasteiger partial charge >= 0.3 is 0 Å². The molecule has 1 aromatic carbocycles. The van der Waals surface area contributed by atoms with Gasteiger partial charge in [-0.25, -0.2) is 0 Å². The van der Waals surface area contributed by atoms with Crippen LogP contribution in [0.4, 0.5) is 0 Å². The highest BCUT2D eigenvalue weighted by Gasteiger charge is 2.08. The Labute approximate surface area is 99.9 Å². The summed E-state index contributed by atoms with van der Waals surface area (Å²) in [5.74, 6) is 0. The van der Waals surface area contributed by atoms with Crippen molar-refractivity contribution in [1.29, 1.82) is 0 Å². The third-order valence-corrected chi connectivity index (χ3v) is 3.16. The molecule has 3 aromatic rings. The number of fused-ring (bicyclic) bond motifs is 3. The van der Waals surface area contributed by atoms with Gasteiger partial charge in [-0.15, -0.1) is 0 Å². The number of aromatic nitrogens is 2. The molecule has 0 bridgehead atoms. The first-order chi connectivity index (χ1) is 8.42. The van der Waals surface area contributed by atoms with Crippen LogP contribution in [0.1, 0.15) is 6.42 Å². The number of hydrogen-bond acceptors (Lipinski definition) is 2. The molecule has 0 fully saturated rings. The molecular weight excluding hydrogens is 210 g/mol. The second-order valence-corrected chi connectivity index (χ2v) is 4.20. The first-order valence-corrected chi connectivity index (χ1v) is 5.93. The van der Waals surface area contributed by atoms with Crippen LogP contribution in [0.2, 0.25) is 0 Å². The van der Waals surface area contributed by atoms with E-state index in [2.05, 4.69) is 39.9 Å². The molecule has 0 aliphatic carbocycles. The smallest absolute Gasteiger partial charge is 0.0677 e. The van der Waals surface area contributed by atoms with Crippen molar-refractivity contribution < 1.29 is 0 Å². The van der Waals surface area contributed by atoms with Crippen molar-refractivity contribution in [2.45, 2.75) is 13.0 Å². The Morgan fingerprint density at radius 1 is 1.06 bits per heavy atom. The van der Waals surface area contributed by atoms with Crippen molar-refractivity contribution in [3.63, 3.8) is 0 Å². The van der Waals surface area contributed by atoms with Gasteiger partial charge in [0.25, 0.3) is 0 Å². The van der Waals surface area contributed by atoms with E-state index in [1.807, 2.05) is 12.4 Å².